The summed E-state index contributed by atoms with van der Waals surface area (Å²) < 4.78 is 11.3. The average Bonchev–Trinajstić information content (AvgIpc) is 2.95. The molecule has 140 valence electrons. The molecule has 0 spiro atoms. The van der Waals surface area contributed by atoms with Crippen LogP contribution in [0.15, 0.2) is 46.9 Å². The van der Waals surface area contributed by atoms with Crippen LogP contribution in [0.3, 0.4) is 0 Å². The van der Waals surface area contributed by atoms with Gasteiger partial charge >= 0.3 is 6.09 Å². The zero-order valence-electron chi connectivity index (χ0n) is 15.1. The smallest absolute Gasteiger partial charge is 0.407 e. The van der Waals surface area contributed by atoms with Gasteiger partial charge in [-0.15, -0.1) is 0 Å². The van der Waals surface area contributed by atoms with Gasteiger partial charge in [-0.25, -0.2) is 4.79 Å². The topological polar surface area (TPSA) is 54.7 Å². The lowest BCUT2D eigenvalue weighted by Gasteiger charge is -2.13. The summed E-state index contributed by atoms with van der Waals surface area (Å²) >= 11 is 6.35. The van der Waals surface area contributed by atoms with Gasteiger partial charge in [0.15, 0.2) is 5.58 Å². The molecule has 1 amide bonds. The fourth-order valence-electron chi connectivity index (χ4n) is 3.46. The Morgan fingerprint density at radius 2 is 2.07 bits per heavy atom. The van der Waals surface area contributed by atoms with Crippen molar-refractivity contribution in [2.45, 2.75) is 26.1 Å². The van der Waals surface area contributed by atoms with Gasteiger partial charge < -0.3 is 19.4 Å². The van der Waals surface area contributed by atoms with Crippen LogP contribution in [0.5, 0.6) is 0 Å². The van der Waals surface area contributed by atoms with E-state index in [2.05, 4.69) is 23.3 Å². The summed E-state index contributed by atoms with van der Waals surface area (Å²) in [7, 11) is 2.08. The van der Waals surface area contributed by atoms with E-state index in [4.69, 9.17) is 20.8 Å². The maximum atomic E-state index is 12.1. The van der Waals surface area contributed by atoms with Crippen LogP contribution in [-0.4, -0.2) is 24.6 Å². The number of carbonyl (C=O) groups excluding carboxylic acids is 1. The summed E-state index contributed by atoms with van der Waals surface area (Å²) in [5.74, 6) is 0.727. The molecule has 1 N–H and O–H groups in total. The summed E-state index contributed by atoms with van der Waals surface area (Å²) in [5, 5.41) is 4.47. The maximum Gasteiger partial charge on any atom is 0.407 e. The number of furan rings is 1. The van der Waals surface area contributed by atoms with Crippen molar-refractivity contribution in [3.63, 3.8) is 0 Å². The third kappa shape index (κ3) is 3.80. The summed E-state index contributed by atoms with van der Waals surface area (Å²) in [5.41, 5.74) is 3.97. The number of carbonyl (C=O) groups is 1. The Balaban J connectivity index is 1.50. The molecule has 2 heterocycles. The molecule has 1 aliphatic rings. The first kappa shape index (κ1) is 17.9. The Hall–Kier alpha value is -2.50. The van der Waals surface area contributed by atoms with E-state index in [0.29, 0.717) is 10.6 Å². The van der Waals surface area contributed by atoms with Gasteiger partial charge in [-0.3, -0.25) is 0 Å². The molecular formula is C21H21ClN2O3. The number of halogens is 1. The second-order valence-electron chi connectivity index (χ2n) is 6.82. The molecule has 0 saturated carbocycles. The lowest BCUT2D eigenvalue weighted by molar-refractivity contribution is 0.138. The van der Waals surface area contributed by atoms with E-state index in [-0.39, 0.29) is 13.2 Å². The van der Waals surface area contributed by atoms with E-state index in [0.717, 1.165) is 41.8 Å². The van der Waals surface area contributed by atoms with Gasteiger partial charge in [0.05, 0.1) is 11.6 Å². The normalized spacial score (nSPS) is 14.1. The molecule has 0 unspecified atom stereocenters. The molecule has 0 aliphatic carbocycles. The van der Waals surface area contributed by atoms with Crippen molar-refractivity contribution in [3.05, 3.63) is 69.9 Å². The highest BCUT2D eigenvalue weighted by molar-refractivity contribution is 6.35. The van der Waals surface area contributed by atoms with Crippen LogP contribution in [0.2, 0.25) is 5.02 Å². The number of alkyl carbamates (subject to hydrolysis) is 1. The van der Waals surface area contributed by atoms with Crippen molar-refractivity contribution in [1.29, 1.82) is 0 Å². The van der Waals surface area contributed by atoms with E-state index in [9.17, 15) is 4.79 Å². The Kier molecular flexibility index (Phi) is 5.05. The number of hydrogen-bond acceptors (Lipinski definition) is 4. The molecular weight excluding hydrogens is 364 g/mol. The van der Waals surface area contributed by atoms with E-state index >= 15 is 0 Å². The number of rotatable bonds is 4. The van der Waals surface area contributed by atoms with Crippen molar-refractivity contribution in [2.75, 3.05) is 13.6 Å². The highest BCUT2D eigenvalue weighted by atomic mass is 35.5. The fraction of sp³-hybridized carbons (Fsp3) is 0.286. The predicted molar refractivity (Wildman–Crippen MR) is 105 cm³/mol. The second kappa shape index (κ2) is 7.62. The van der Waals surface area contributed by atoms with Crippen LogP contribution >= 0.6 is 11.6 Å². The quantitative estimate of drug-likeness (QED) is 0.719. The lowest BCUT2D eigenvalue weighted by atomic mass is 10.0. The van der Waals surface area contributed by atoms with Gasteiger partial charge in [0.25, 0.3) is 0 Å². The molecule has 5 nitrogen and oxygen atoms in total. The third-order valence-corrected chi connectivity index (χ3v) is 5.15. The first-order chi connectivity index (χ1) is 13.1. The van der Waals surface area contributed by atoms with Crippen LogP contribution in [0.25, 0.3) is 11.0 Å². The van der Waals surface area contributed by atoms with Crippen LogP contribution in [0.1, 0.15) is 22.5 Å². The van der Waals surface area contributed by atoms with E-state index in [1.807, 2.05) is 36.4 Å². The largest absolute Gasteiger partial charge is 0.457 e. The maximum absolute atomic E-state index is 12.1. The van der Waals surface area contributed by atoms with Crippen molar-refractivity contribution < 1.29 is 13.9 Å². The Morgan fingerprint density at radius 3 is 2.89 bits per heavy atom. The average molecular weight is 385 g/mol. The zero-order valence-corrected chi connectivity index (χ0v) is 15.9. The van der Waals surface area contributed by atoms with Crippen molar-refractivity contribution in [2.24, 2.45) is 0 Å². The van der Waals surface area contributed by atoms with Gasteiger partial charge in [0, 0.05) is 24.0 Å². The van der Waals surface area contributed by atoms with Crippen LogP contribution in [0.4, 0.5) is 4.79 Å². The van der Waals surface area contributed by atoms with E-state index < -0.39 is 6.09 Å². The molecule has 0 saturated heterocycles. The zero-order chi connectivity index (χ0) is 18.8. The van der Waals surface area contributed by atoms with Crippen molar-refractivity contribution in [3.8, 4) is 0 Å². The van der Waals surface area contributed by atoms with E-state index in [1.165, 1.54) is 5.56 Å². The van der Waals surface area contributed by atoms with Gasteiger partial charge in [0.1, 0.15) is 12.4 Å². The van der Waals surface area contributed by atoms with Crippen molar-refractivity contribution >= 4 is 28.7 Å². The summed E-state index contributed by atoms with van der Waals surface area (Å²) in [6.07, 6.45) is 0.475. The first-order valence-corrected chi connectivity index (χ1v) is 9.34. The highest BCUT2D eigenvalue weighted by Crippen LogP contribution is 2.36. The lowest BCUT2D eigenvalue weighted by Crippen LogP contribution is -2.24. The Morgan fingerprint density at radius 1 is 1.26 bits per heavy atom. The molecule has 1 aliphatic heterocycles. The van der Waals surface area contributed by atoms with Gasteiger partial charge in [-0.05, 0) is 30.7 Å². The standard InChI is InChI=1S/C21H21ClN2O3/c1-24-10-9-15-7-8-17(22)20-19(15)16(12-24)18(27-20)11-23-21(25)26-13-14-5-3-2-4-6-14/h2-8H,9-13H2,1H3,(H,23,25). The van der Waals surface area contributed by atoms with Gasteiger partial charge in [0.2, 0.25) is 0 Å². The first-order valence-electron chi connectivity index (χ1n) is 8.96. The molecule has 0 radical (unpaired) electrons. The molecule has 2 aromatic carbocycles. The number of ether oxygens (including phenoxy) is 1. The summed E-state index contributed by atoms with van der Waals surface area (Å²) in [6, 6.07) is 13.5. The van der Waals surface area contributed by atoms with Gasteiger partial charge in [-0.1, -0.05) is 48.0 Å². The number of hydrogen-bond donors (Lipinski definition) is 1. The van der Waals surface area contributed by atoms with Crippen LogP contribution in [-0.2, 0) is 30.9 Å². The molecule has 0 atom stereocenters. The van der Waals surface area contributed by atoms with Crippen LogP contribution < -0.4 is 5.32 Å². The minimum atomic E-state index is -0.472. The Labute approximate surface area is 162 Å². The molecule has 6 heteroatoms. The van der Waals surface area contributed by atoms with Crippen molar-refractivity contribution in [1.82, 2.24) is 10.2 Å². The fourth-order valence-corrected chi connectivity index (χ4v) is 3.65. The summed E-state index contributed by atoms with van der Waals surface area (Å²) in [4.78, 5) is 14.3. The SMILES string of the molecule is CN1CCc2ccc(Cl)c3oc(CNC(=O)OCc4ccccc4)c(c23)C1. The number of nitrogens with one attached hydrogen (secondary N) is 1. The number of amides is 1. The monoisotopic (exact) mass is 384 g/mol. The molecule has 27 heavy (non-hydrogen) atoms. The summed E-state index contributed by atoms with van der Waals surface area (Å²) in [6.45, 7) is 2.23. The molecule has 4 rings (SSSR count). The third-order valence-electron chi connectivity index (χ3n) is 4.86. The predicted octanol–water partition coefficient (Wildman–Crippen LogP) is 4.50. The highest BCUT2D eigenvalue weighted by Gasteiger charge is 2.23. The molecule has 1 aromatic heterocycles. The Bertz CT molecular complexity index is 968. The minimum absolute atomic E-state index is 0.234. The molecule has 3 aromatic rings. The second-order valence-corrected chi connectivity index (χ2v) is 7.22. The molecule has 0 bridgehead atoms. The number of likely N-dealkylation sites (N-methyl/N-ethyl adjacent to an activating group) is 1. The van der Waals surface area contributed by atoms with E-state index in [1.54, 1.807) is 0 Å². The number of benzene rings is 2. The molecule has 0 fully saturated rings. The van der Waals surface area contributed by atoms with Crippen LogP contribution in [0, 0.1) is 0 Å². The number of nitrogens with zero attached hydrogens (tertiary/aromatic N) is 1. The minimum Gasteiger partial charge on any atom is -0.457 e. The van der Waals surface area contributed by atoms with Gasteiger partial charge in [-0.2, -0.15) is 0 Å².